The number of rotatable bonds is 6. The van der Waals surface area contributed by atoms with E-state index in [-0.39, 0.29) is 0 Å². The zero-order valence-corrected chi connectivity index (χ0v) is 10.8. The van der Waals surface area contributed by atoms with Gasteiger partial charge in [-0.3, -0.25) is 0 Å². The molecule has 1 aliphatic rings. The van der Waals surface area contributed by atoms with Crippen LogP contribution in [0.15, 0.2) is 0 Å². The van der Waals surface area contributed by atoms with Crippen LogP contribution in [0.25, 0.3) is 0 Å². The monoisotopic (exact) mass is 212 g/mol. The van der Waals surface area contributed by atoms with E-state index in [0.29, 0.717) is 0 Å². The highest BCUT2D eigenvalue weighted by Gasteiger charge is 2.18. The van der Waals surface area contributed by atoms with Gasteiger partial charge < -0.3 is 10.2 Å². The summed E-state index contributed by atoms with van der Waals surface area (Å²) in [5, 5.41) is 3.51. The first-order chi connectivity index (χ1) is 7.27. The molecule has 0 aromatic heterocycles. The fraction of sp³-hybridized carbons (Fsp3) is 1.00. The molecule has 15 heavy (non-hydrogen) atoms. The van der Waals surface area contributed by atoms with Crippen molar-refractivity contribution >= 4 is 0 Å². The minimum absolute atomic E-state index is 0.766. The molecular weight excluding hydrogens is 184 g/mol. The van der Waals surface area contributed by atoms with Crippen LogP contribution >= 0.6 is 0 Å². The molecule has 1 rings (SSSR count). The summed E-state index contributed by atoms with van der Waals surface area (Å²) < 4.78 is 0. The molecule has 1 aliphatic heterocycles. The van der Waals surface area contributed by atoms with Gasteiger partial charge in [0.1, 0.15) is 0 Å². The molecule has 2 nitrogen and oxygen atoms in total. The first kappa shape index (κ1) is 13.0. The minimum Gasteiger partial charge on any atom is -0.316 e. The summed E-state index contributed by atoms with van der Waals surface area (Å²) >= 11 is 0. The Kier molecular flexibility index (Phi) is 6.26. The SMILES string of the molecule is CCCC(C)N(CC)CC1CCCNC1. The molecule has 1 heterocycles. The van der Waals surface area contributed by atoms with Crippen molar-refractivity contribution in [1.82, 2.24) is 10.2 Å². The fourth-order valence-electron chi connectivity index (χ4n) is 2.63. The molecule has 0 amide bonds. The zero-order valence-electron chi connectivity index (χ0n) is 10.8. The van der Waals surface area contributed by atoms with Crippen LogP contribution in [0.4, 0.5) is 0 Å². The molecule has 1 saturated heterocycles. The highest BCUT2D eigenvalue weighted by molar-refractivity contribution is 4.75. The van der Waals surface area contributed by atoms with Gasteiger partial charge in [0.15, 0.2) is 0 Å². The van der Waals surface area contributed by atoms with Gasteiger partial charge in [0.25, 0.3) is 0 Å². The van der Waals surface area contributed by atoms with Gasteiger partial charge in [-0.1, -0.05) is 20.3 Å². The number of hydrogen-bond donors (Lipinski definition) is 1. The summed E-state index contributed by atoms with van der Waals surface area (Å²) in [6.45, 7) is 11.9. The second-order valence-corrected chi connectivity index (χ2v) is 4.94. The van der Waals surface area contributed by atoms with Crippen LogP contribution in [0.2, 0.25) is 0 Å². The normalized spacial score (nSPS) is 24.4. The Balaban J connectivity index is 2.30. The van der Waals surface area contributed by atoms with Crippen LogP contribution in [-0.2, 0) is 0 Å². The van der Waals surface area contributed by atoms with E-state index in [1.165, 1.54) is 51.9 Å². The fourth-order valence-corrected chi connectivity index (χ4v) is 2.63. The van der Waals surface area contributed by atoms with E-state index >= 15 is 0 Å². The van der Waals surface area contributed by atoms with E-state index in [1.807, 2.05) is 0 Å². The summed E-state index contributed by atoms with van der Waals surface area (Å²) in [5.74, 6) is 0.887. The lowest BCUT2D eigenvalue weighted by Crippen LogP contribution is -2.41. The summed E-state index contributed by atoms with van der Waals surface area (Å²) in [6, 6.07) is 0.766. The number of nitrogens with one attached hydrogen (secondary N) is 1. The Labute approximate surface area is 95.4 Å². The Morgan fingerprint density at radius 1 is 1.40 bits per heavy atom. The van der Waals surface area contributed by atoms with E-state index in [2.05, 4.69) is 31.0 Å². The summed E-state index contributed by atoms with van der Waals surface area (Å²) in [4.78, 5) is 2.65. The first-order valence-electron chi connectivity index (χ1n) is 6.72. The van der Waals surface area contributed by atoms with Gasteiger partial charge in [-0.2, -0.15) is 0 Å². The lowest BCUT2D eigenvalue weighted by atomic mass is 9.98. The van der Waals surface area contributed by atoms with Gasteiger partial charge in [0.05, 0.1) is 0 Å². The van der Waals surface area contributed by atoms with Crippen LogP contribution in [0, 0.1) is 5.92 Å². The molecule has 0 aromatic carbocycles. The van der Waals surface area contributed by atoms with E-state index < -0.39 is 0 Å². The molecule has 2 atom stereocenters. The molecule has 0 aliphatic carbocycles. The van der Waals surface area contributed by atoms with Crippen molar-refractivity contribution in [2.45, 2.75) is 52.5 Å². The second kappa shape index (κ2) is 7.24. The Morgan fingerprint density at radius 2 is 2.20 bits per heavy atom. The van der Waals surface area contributed by atoms with Crippen LogP contribution in [0.1, 0.15) is 46.5 Å². The first-order valence-corrected chi connectivity index (χ1v) is 6.72. The minimum atomic E-state index is 0.766. The average molecular weight is 212 g/mol. The van der Waals surface area contributed by atoms with Crippen molar-refractivity contribution in [2.24, 2.45) is 5.92 Å². The van der Waals surface area contributed by atoms with Crippen molar-refractivity contribution in [3.8, 4) is 0 Å². The van der Waals surface area contributed by atoms with Gasteiger partial charge in [0.2, 0.25) is 0 Å². The summed E-state index contributed by atoms with van der Waals surface area (Å²) in [5.41, 5.74) is 0. The lowest BCUT2D eigenvalue weighted by Gasteiger charge is -2.33. The quantitative estimate of drug-likeness (QED) is 0.728. The standard InChI is InChI=1S/C13H28N2/c1-4-7-12(3)15(5-2)11-13-8-6-9-14-10-13/h12-14H,4-11H2,1-3H3. The zero-order chi connectivity index (χ0) is 11.1. The summed E-state index contributed by atoms with van der Waals surface area (Å²) in [6.07, 6.45) is 5.43. The van der Waals surface area contributed by atoms with Gasteiger partial charge >= 0.3 is 0 Å². The third-order valence-electron chi connectivity index (χ3n) is 3.63. The number of piperidine rings is 1. The molecule has 2 unspecified atom stereocenters. The van der Waals surface area contributed by atoms with Crippen LogP contribution in [-0.4, -0.2) is 37.1 Å². The Morgan fingerprint density at radius 3 is 2.73 bits per heavy atom. The molecule has 1 N–H and O–H groups in total. The average Bonchev–Trinajstić information content (AvgIpc) is 2.27. The van der Waals surface area contributed by atoms with E-state index in [0.717, 1.165) is 12.0 Å². The van der Waals surface area contributed by atoms with Crippen molar-refractivity contribution < 1.29 is 0 Å². The smallest absolute Gasteiger partial charge is 0.00668 e. The van der Waals surface area contributed by atoms with Gasteiger partial charge in [-0.25, -0.2) is 0 Å². The largest absolute Gasteiger partial charge is 0.316 e. The molecule has 0 bridgehead atoms. The maximum Gasteiger partial charge on any atom is 0.00668 e. The predicted molar refractivity (Wildman–Crippen MR) is 67.2 cm³/mol. The van der Waals surface area contributed by atoms with Gasteiger partial charge in [0, 0.05) is 12.6 Å². The molecule has 0 spiro atoms. The molecular formula is C13H28N2. The van der Waals surface area contributed by atoms with E-state index in [4.69, 9.17) is 0 Å². The third kappa shape index (κ3) is 4.52. The Hall–Kier alpha value is -0.0800. The molecule has 0 saturated carbocycles. The van der Waals surface area contributed by atoms with Crippen LogP contribution in [0.3, 0.4) is 0 Å². The van der Waals surface area contributed by atoms with Crippen molar-refractivity contribution in [2.75, 3.05) is 26.2 Å². The lowest BCUT2D eigenvalue weighted by molar-refractivity contribution is 0.163. The molecule has 0 aromatic rings. The molecule has 1 fully saturated rings. The van der Waals surface area contributed by atoms with Crippen molar-refractivity contribution in [3.05, 3.63) is 0 Å². The number of hydrogen-bond acceptors (Lipinski definition) is 2. The van der Waals surface area contributed by atoms with Crippen molar-refractivity contribution in [3.63, 3.8) is 0 Å². The highest BCUT2D eigenvalue weighted by Crippen LogP contribution is 2.15. The van der Waals surface area contributed by atoms with Crippen molar-refractivity contribution in [1.29, 1.82) is 0 Å². The molecule has 90 valence electrons. The van der Waals surface area contributed by atoms with E-state index in [9.17, 15) is 0 Å². The molecule has 2 heteroatoms. The maximum absolute atomic E-state index is 3.51. The van der Waals surface area contributed by atoms with Gasteiger partial charge in [-0.15, -0.1) is 0 Å². The summed E-state index contributed by atoms with van der Waals surface area (Å²) in [7, 11) is 0. The molecule has 0 radical (unpaired) electrons. The van der Waals surface area contributed by atoms with E-state index in [1.54, 1.807) is 0 Å². The maximum atomic E-state index is 3.51. The highest BCUT2D eigenvalue weighted by atomic mass is 15.1. The van der Waals surface area contributed by atoms with Gasteiger partial charge in [-0.05, 0) is 51.7 Å². The second-order valence-electron chi connectivity index (χ2n) is 4.94. The third-order valence-corrected chi connectivity index (χ3v) is 3.63. The Bertz CT molecular complexity index is 153. The topological polar surface area (TPSA) is 15.3 Å². The number of nitrogens with zero attached hydrogens (tertiary/aromatic N) is 1. The van der Waals surface area contributed by atoms with Crippen LogP contribution < -0.4 is 5.32 Å². The predicted octanol–water partition coefficient (Wildman–Crippen LogP) is 2.50. The van der Waals surface area contributed by atoms with Crippen LogP contribution in [0.5, 0.6) is 0 Å².